The van der Waals surface area contributed by atoms with Crippen molar-refractivity contribution in [2.45, 2.75) is 445 Å². The van der Waals surface area contributed by atoms with E-state index in [-0.39, 0.29) is 56.2 Å². The van der Waals surface area contributed by atoms with Crippen LogP contribution in [0.1, 0.15) is 440 Å². The van der Waals surface area contributed by atoms with Gasteiger partial charge in [-0.1, -0.05) is 425 Å². The average Bonchev–Trinajstić information content (AvgIpc) is 1.66. The van der Waals surface area contributed by atoms with Crippen molar-refractivity contribution in [2.24, 2.45) is 0 Å². The standard InChI is InChI=1S/7C14H20.C13H18O.C8H13NS.CH4/c7*1-13(2,3)11-5-7-12(8-6-11)14(4)9-10-14;1-13(2,3)10-4-6-11(7-5-10)14-12-8-9-12;1-6-5-7(10-9-6)8(2,3)4;/h7*5-8H,9-10H2,1-4H3;4-7,12H,8-9H2,1-3H3;5H,1-4H3;1H4. The predicted octanol–water partition coefficient (Wildman–Crippen LogP) is 35.2. The molecule has 8 aliphatic carbocycles. The fourth-order valence-electron chi connectivity index (χ4n) is 15.1. The van der Waals surface area contributed by atoms with Gasteiger partial charge in [0.1, 0.15) is 5.75 Å². The largest absolute Gasteiger partial charge is 0.490 e. The van der Waals surface area contributed by atoms with Crippen LogP contribution in [0.4, 0.5) is 0 Å². The minimum atomic E-state index is 0. The fraction of sp³-hybridized carbons (Fsp3) is 0.575. The van der Waals surface area contributed by atoms with E-state index in [1.165, 1.54) is 191 Å². The summed E-state index contributed by atoms with van der Waals surface area (Å²) in [6.45, 7) is 79.4. The van der Waals surface area contributed by atoms with Gasteiger partial charge in [-0.25, -0.2) is 0 Å². The number of nitrogens with zero attached hydrogens (tertiary/aromatic N) is 1. The van der Waals surface area contributed by atoms with Crippen LogP contribution in [0.2, 0.25) is 0 Å². The Balaban J connectivity index is 0.000000172. The van der Waals surface area contributed by atoms with Gasteiger partial charge in [-0.05, 0) is 309 Å². The van der Waals surface area contributed by atoms with Crippen LogP contribution in [-0.4, -0.2) is 10.5 Å². The van der Waals surface area contributed by atoms with E-state index in [9.17, 15) is 0 Å². The van der Waals surface area contributed by atoms with Crippen molar-refractivity contribution in [3.05, 3.63) is 294 Å². The lowest BCUT2D eigenvalue weighted by atomic mass is 9.85. The van der Waals surface area contributed by atoms with E-state index in [1.807, 2.05) is 6.92 Å². The topological polar surface area (TPSA) is 22.1 Å². The molecule has 0 N–H and O–H groups in total. The van der Waals surface area contributed by atoms with Crippen LogP contribution >= 0.6 is 11.5 Å². The van der Waals surface area contributed by atoms with Crippen molar-refractivity contribution in [1.29, 1.82) is 0 Å². The molecule has 8 aromatic carbocycles. The molecule has 123 heavy (non-hydrogen) atoms. The highest BCUT2D eigenvalue weighted by molar-refractivity contribution is 7.06. The molecule has 1 heterocycles. The molecule has 9 aromatic rings. The maximum absolute atomic E-state index is 5.69. The Morgan fingerprint density at radius 2 is 0.382 bits per heavy atom. The van der Waals surface area contributed by atoms with Gasteiger partial charge in [-0.2, -0.15) is 4.37 Å². The van der Waals surface area contributed by atoms with Crippen LogP contribution in [0.15, 0.2) is 200 Å². The lowest BCUT2D eigenvalue weighted by Crippen LogP contribution is -2.11. The zero-order valence-corrected chi connectivity index (χ0v) is 85.0. The first kappa shape index (κ1) is 102. The lowest BCUT2D eigenvalue weighted by Gasteiger charge is -2.20. The molecule has 0 radical (unpaired) electrons. The van der Waals surface area contributed by atoms with Crippen LogP contribution in [0, 0.1) is 6.92 Å². The summed E-state index contributed by atoms with van der Waals surface area (Å²) in [7, 11) is 0. The Hall–Kier alpha value is -6.81. The molecule has 17 rings (SSSR count). The van der Waals surface area contributed by atoms with Crippen LogP contribution < -0.4 is 4.74 Å². The molecule has 8 saturated carbocycles. The number of hydrogen-bond donors (Lipinski definition) is 0. The number of ether oxygens (including phenoxy) is 1. The van der Waals surface area contributed by atoms with E-state index >= 15 is 0 Å². The van der Waals surface area contributed by atoms with Crippen LogP contribution in [-0.2, 0) is 86.6 Å². The molecule has 0 unspecified atom stereocenters. The van der Waals surface area contributed by atoms with Crippen LogP contribution in [0.5, 0.6) is 5.75 Å². The Labute approximate surface area is 760 Å². The van der Waals surface area contributed by atoms with E-state index in [1.54, 1.807) is 11.5 Å². The zero-order chi connectivity index (χ0) is 90.7. The van der Waals surface area contributed by atoms with Gasteiger partial charge in [0, 0.05) is 4.88 Å². The van der Waals surface area contributed by atoms with E-state index in [2.05, 4.69) is 440 Å². The highest BCUT2D eigenvalue weighted by atomic mass is 32.1. The molecule has 0 bridgehead atoms. The maximum atomic E-state index is 5.69. The number of aromatic nitrogens is 1. The predicted molar refractivity (Wildman–Crippen MR) is 543 cm³/mol. The lowest BCUT2D eigenvalue weighted by molar-refractivity contribution is 0.303. The van der Waals surface area contributed by atoms with E-state index in [0.29, 0.717) is 44.0 Å². The summed E-state index contributed by atoms with van der Waals surface area (Å²) in [5.74, 6) is 1.01. The quantitative estimate of drug-likeness (QED) is 0.144. The highest BCUT2D eigenvalue weighted by Gasteiger charge is 2.44. The molecule has 0 spiro atoms. The molecule has 0 amide bonds. The highest BCUT2D eigenvalue weighted by Crippen LogP contribution is 2.53. The van der Waals surface area contributed by atoms with Gasteiger partial charge in [0.05, 0.1) is 11.8 Å². The van der Waals surface area contributed by atoms with Gasteiger partial charge in [0.2, 0.25) is 0 Å². The third kappa shape index (κ3) is 30.4. The minimum Gasteiger partial charge on any atom is -0.490 e. The first-order valence-corrected chi connectivity index (χ1v) is 48.2. The summed E-state index contributed by atoms with van der Waals surface area (Å²) in [6, 6.07) is 75.1. The van der Waals surface area contributed by atoms with Gasteiger partial charge < -0.3 is 4.74 Å². The summed E-state index contributed by atoms with van der Waals surface area (Å²) in [4.78, 5) is 1.37. The van der Waals surface area contributed by atoms with Crippen molar-refractivity contribution >= 4 is 11.5 Å². The Kier molecular flexibility index (Phi) is 31.6. The number of rotatable bonds is 9. The number of benzene rings is 8. The van der Waals surface area contributed by atoms with Gasteiger partial charge in [-0.15, -0.1) is 0 Å². The van der Waals surface area contributed by atoms with Crippen molar-refractivity contribution in [3.63, 3.8) is 0 Å². The van der Waals surface area contributed by atoms with Crippen LogP contribution in [0.3, 0.4) is 0 Å². The minimum absolute atomic E-state index is 0. The summed E-state index contributed by atoms with van der Waals surface area (Å²) in [5.41, 5.74) is 29.2. The first-order chi connectivity index (χ1) is 56.0. The second-order valence-electron chi connectivity index (χ2n) is 49.9. The molecule has 2 nitrogen and oxygen atoms in total. The third-order valence-electron chi connectivity index (χ3n) is 28.0. The van der Waals surface area contributed by atoms with E-state index in [4.69, 9.17) is 4.74 Å². The van der Waals surface area contributed by atoms with Crippen molar-refractivity contribution < 1.29 is 4.74 Å². The Morgan fingerprint density at radius 3 is 0.480 bits per heavy atom. The molecular weight excluding hydrogens is 1500 g/mol. The third-order valence-corrected chi connectivity index (χ3v) is 29.4. The number of aryl methyl sites for hydroxylation is 1. The van der Waals surface area contributed by atoms with Gasteiger partial charge in [-0.3, -0.25) is 0 Å². The molecule has 8 fully saturated rings. The average molecular weight is 1680 g/mol. The molecule has 1 aromatic heterocycles. The van der Waals surface area contributed by atoms with Crippen molar-refractivity contribution in [1.82, 2.24) is 4.37 Å². The number of hydrogen-bond acceptors (Lipinski definition) is 3. The summed E-state index contributed by atoms with van der Waals surface area (Å²) >= 11 is 1.61. The first-order valence-electron chi connectivity index (χ1n) is 47.5. The smallest absolute Gasteiger partial charge is 0.119 e. The van der Waals surface area contributed by atoms with Gasteiger partial charge in [0.25, 0.3) is 0 Å². The van der Waals surface area contributed by atoms with E-state index in [0.717, 1.165) is 11.4 Å². The van der Waals surface area contributed by atoms with Gasteiger partial charge in [0.15, 0.2) is 0 Å². The second-order valence-corrected chi connectivity index (χ2v) is 50.7. The normalized spacial score (nSPS) is 18.4. The van der Waals surface area contributed by atoms with Crippen molar-refractivity contribution in [2.75, 3.05) is 0 Å². The SMILES string of the molecule is C.CC(C)(C)c1ccc(C2(C)CC2)cc1.CC(C)(C)c1ccc(C2(C)CC2)cc1.CC(C)(C)c1ccc(C2(C)CC2)cc1.CC(C)(C)c1ccc(C2(C)CC2)cc1.CC(C)(C)c1ccc(C2(C)CC2)cc1.CC(C)(C)c1ccc(C2(C)CC2)cc1.CC(C)(C)c1ccc(C2(C)CC2)cc1.CC(C)(C)c1ccc(OC2CC2)cc1.Cc1cc(C(C)(C)C)sn1. The zero-order valence-electron chi connectivity index (χ0n) is 84.2. The Bertz CT molecular complexity index is 3850. The summed E-state index contributed by atoms with van der Waals surface area (Å²) in [5, 5.41) is 0. The summed E-state index contributed by atoms with van der Waals surface area (Å²) in [6.07, 6.45) is 22.0. The van der Waals surface area contributed by atoms with Gasteiger partial charge >= 0.3 is 0 Å². The Morgan fingerprint density at radius 1 is 0.236 bits per heavy atom. The van der Waals surface area contributed by atoms with Crippen LogP contribution in [0.25, 0.3) is 0 Å². The molecule has 8 aliphatic rings. The molecule has 0 aliphatic heterocycles. The second kappa shape index (κ2) is 38.2. The summed E-state index contributed by atoms with van der Waals surface area (Å²) < 4.78 is 9.92. The maximum Gasteiger partial charge on any atom is 0.119 e. The molecule has 0 saturated heterocycles. The molecule has 0 atom stereocenters. The van der Waals surface area contributed by atoms with E-state index < -0.39 is 0 Å². The molecule has 3 heteroatoms. The molecule has 672 valence electrons. The fourth-order valence-corrected chi connectivity index (χ4v) is 15.9. The van der Waals surface area contributed by atoms with Crippen molar-refractivity contribution in [3.8, 4) is 5.75 Å². The monoisotopic (exact) mass is 1680 g/mol. The molecular formula is C120H175NOS.